The van der Waals surface area contributed by atoms with Crippen LogP contribution in [0.5, 0.6) is 0 Å². The Labute approximate surface area is 269 Å². The maximum Gasteiger partial charge on any atom is 2.00 e. The van der Waals surface area contributed by atoms with Crippen LogP contribution in [-0.2, 0) is 39.2 Å². The van der Waals surface area contributed by atoms with Gasteiger partial charge in [0.05, 0.1) is 24.3 Å². The Morgan fingerprint density at radius 2 is 0.857 bits per heavy atom. The van der Waals surface area contributed by atoms with Crippen molar-refractivity contribution in [2.45, 2.75) is 149 Å². The molecule has 0 bridgehead atoms. The van der Waals surface area contributed by atoms with Crippen molar-refractivity contribution >= 4 is 17.9 Å². The van der Waals surface area contributed by atoms with Gasteiger partial charge in [-0.1, -0.05) is 136 Å². The first kappa shape index (κ1) is 44.7. The quantitative estimate of drug-likeness (QED) is 0.0680. The van der Waals surface area contributed by atoms with E-state index in [0.717, 1.165) is 38.5 Å². The molecule has 0 aromatic heterocycles. The number of esters is 2. The van der Waals surface area contributed by atoms with Gasteiger partial charge in [-0.3, -0.25) is 4.79 Å². The van der Waals surface area contributed by atoms with Crippen molar-refractivity contribution in [1.82, 2.24) is 0 Å². The molecular weight excluding hydrogens is 586 g/mol. The van der Waals surface area contributed by atoms with E-state index < -0.39 is 17.9 Å². The summed E-state index contributed by atoms with van der Waals surface area (Å²) in [6.45, 7) is 7.05. The van der Waals surface area contributed by atoms with Gasteiger partial charge in [-0.2, -0.15) is 0 Å². The fraction of sp³-hybridized carbons (Fsp3) is 0.735. The third kappa shape index (κ3) is 27.1. The normalized spacial score (nSPS) is 9.98. The monoisotopic (exact) mass is 642 g/mol. The van der Waals surface area contributed by atoms with Crippen LogP contribution < -0.4 is 0 Å². The Morgan fingerprint density at radius 1 is 0.548 bits per heavy atom. The molecule has 8 heteroatoms. The molecule has 0 atom stereocenters. The van der Waals surface area contributed by atoms with Crippen LogP contribution in [0.15, 0.2) is 24.3 Å². The average molecular weight is 644 g/mol. The maximum absolute atomic E-state index is 11.9. The van der Waals surface area contributed by atoms with Crippen LogP contribution in [0.3, 0.4) is 0 Å². The van der Waals surface area contributed by atoms with E-state index in [1.54, 1.807) is 24.3 Å². The zero-order valence-electron chi connectivity index (χ0n) is 27.0. The van der Waals surface area contributed by atoms with Crippen LogP contribution in [0.2, 0.25) is 0 Å². The summed E-state index contributed by atoms with van der Waals surface area (Å²) < 4.78 is 10.3. The fourth-order valence-electron chi connectivity index (χ4n) is 4.26. The predicted molar refractivity (Wildman–Crippen MR) is 165 cm³/mol. The van der Waals surface area contributed by atoms with Crippen LogP contribution in [-0.4, -0.2) is 36.2 Å². The van der Waals surface area contributed by atoms with Gasteiger partial charge in [0, 0.05) is 6.42 Å². The molecule has 0 aliphatic rings. The largest absolute Gasteiger partial charge is 2.00 e. The van der Waals surface area contributed by atoms with Crippen LogP contribution in [0, 0.1) is 0 Å². The third-order valence-corrected chi connectivity index (χ3v) is 6.82. The van der Waals surface area contributed by atoms with Crippen LogP contribution in [0.25, 0.3) is 0 Å². The van der Waals surface area contributed by atoms with Gasteiger partial charge in [0.25, 0.3) is 0 Å². The molecule has 0 radical (unpaired) electrons. The molecule has 0 fully saturated rings. The molecule has 42 heavy (non-hydrogen) atoms. The van der Waals surface area contributed by atoms with E-state index in [4.69, 9.17) is 14.6 Å². The Hall–Kier alpha value is -1.79. The van der Waals surface area contributed by atoms with E-state index in [1.807, 2.05) is 13.8 Å². The summed E-state index contributed by atoms with van der Waals surface area (Å²) in [5.74, 6) is -1.59. The number of carbonyl (C=O) groups excluding carboxylic acids is 2. The van der Waals surface area contributed by atoms with Crippen molar-refractivity contribution in [3.05, 3.63) is 35.4 Å². The van der Waals surface area contributed by atoms with Crippen LogP contribution in [0.4, 0.5) is 0 Å². The molecule has 0 unspecified atom stereocenters. The SMILES string of the molecule is CCCCCCCCCCCCCCCCCC(=O)O.CCCCOC(=O)c1ccccc1C(=O)OCCCC.[O-2].[Zn+2]. The minimum atomic E-state index is -0.653. The third-order valence-electron chi connectivity index (χ3n) is 6.82. The average Bonchev–Trinajstić information content (AvgIpc) is 2.95. The molecule has 7 nitrogen and oxygen atoms in total. The summed E-state index contributed by atoms with van der Waals surface area (Å²) in [4.78, 5) is 34.2. The van der Waals surface area contributed by atoms with Gasteiger partial charge in [0.2, 0.25) is 0 Å². The number of aliphatic carboxylic acids is 1. The maximum atomic E-state index is 11.9. The zero-order valence-corrected chi connectivity index (χ0v) is 29.9. The number of rotatable bonds is 24. The van der Waals surface area contributed by atoms with Gasteiger partial charge in [-0.25, -0.2) is 9.59 Å². The van der Waals surface area contributed by atoms with Crippen molar-refractivity contribution in [3.63, 3.8) is 0 Å². The summed E-state index contributed by atoms with van der Waals surface area (Å²) in [7, 11) is 0. The number of hydrogen-bond donors (Lipinski definition) is 1. The number of carboxylic acid groups (broad SMARTS) is 1. The van der Waals surface area contributed by atoms with Gasteiger partial charge >= 0.3 is 37.4 Å². The van der Waals surface area contributed by atoms with Gasteiger partial charge < -0.3 is 20.1 Å². The molecule has 0 aliphatic heterocycles. The van der Waals surface area contributed by atoms with Crippen molar-refractivity contribution in [3.8, 4) is 0 Å². The number of unbranched alkanes of at least 4 members (excludes halogenated alkanes) is 16. The molecule has 1 N–H and O–H groups in total. The molecule has 0 amide bonds. The standard InChI is InChI=1S/C18H36O2.C16H22O4.O.Zn/c1-2-3-4-5-6-7-8-9-10-11-12-13-14-15-16-17-18(19)20;1-3-5-11-19-15(17)13-9-7-8-10-14(13)16(18)20-12-6-4-2;;/h2-17H2,1H3,(H,19,20);7-10H,3-6,11-12H2,1-2H3;;/q;;-2;+2. The first-order valence-corrected chi connectivity index (χ1v) is 16.1. The first-order valence-electron chi connectivity index (χ1n) is 16.1. The number of carbonyl (C=O) groups is 3. The molecule has 1 aromatic carbocycles. The van der Waals surface area contributed by atoms with Crippen molar-refractivity contribution < 1.29 is 53.9 Å². The Bertz CT molecular complexity index is 729. The minimum absolute atomic E-state index is 0. The number of ether oxygens (including phenoxy) is 2. The predicted octanol–water partition coefficient (Wildman–Crippen LogP) is 9.81. The molecule has 0 heterocycles. The van der Waals surface area contributed by atoms with Gasteiger partial charge in [0.15, 0.2) is 0 Å². The second-order valence-electron chi connectivity index (χ2n) is 10.6. The molecule has 238 valence electrons. The van der Waals surface area contributed by atoms with Crippen LogP contribution in [0.1, 0.15) is 170 Å². The first-order chi connectivity index (χ1) is 19.5. The van der Waals surface area contributed by atoms with E-state index in [1.165, 1.54) is 83.5 Å². The van der Waals surface area contributed by atoms with Crippen molar-refractivity contribution in [2.24, 2.45) is 0 Å². The Kier molecular flexibility index (Phi) is 35.8. The molecule has 0 spiro atoms. The van der Waals surface area contributed by atoms with Crippen molar-refractivity contribution in [1.29, 1.82) is 0 Å². The van der Waals surface area contributed by atoms with E-state index in [9.17, 15) is 14.4 Å². The molecule has 1 aromatic rings. The summed E-state index contributed by atoms with van der Waals surface area (Å²) in [6.07, 6.45) is 23.7. The molecule has 0 aliphatic carbocycles. The minimum Gasteiger partial charge on any atom is -2.00 e. The molecule has 0 saturated heterocycles. The molecular formula is C34H58O7Zn. The van der Waals surface area contributed by atoms with E-state index in [-0.39, 0.29) is 36.1 Å². The number of hydrogen-bond acceptors (Lipinski definition) is 5. The molecule has 1 rings (SSSR count). The fourth-order valence-corrected chi connectivity index (χ4v) is 4.26. The van der Waals surface area contributed by atoms with Gasteiger partial charge in [0.1, 0.15) is 0 Å². The summed E-state index contributed by atoms with van der Waals surface area (Å²) in [5, 5.41) is 8.52. The van der Waals surface area contributed by atoms with E-state index in [0.29, 0.717) is 19.6 Å². The van der Waals surface area contributed by atoms with Crippen molar-refractivity contribution in [2.75, 3.05) is 13.2 Å². The smallest absolute Gasteiger partial charge is 2.00 e. The molecule has 0 saturated carbocycles. The van der Waals surface area contributed by atoms with Gasteiger partial charge in [-0.15, -0.1) is 0 Å². The van der Waals surface area contributed by atoms with Crippen LogP contribution >= 0.6 is 0 Å². The summed E-state index contributed by atoms with van der Waals surface area (Å²) in [5.41, 5.74) is 0.537. The summed E-state index contributed by atoms with van der Waals surface area (Å²) >= 11 is 0. The second-order valence-corrected chi connectivity index (χ2v) is 10.6. The zero-order chi connectivity index (χ0) is 29.7. The van der Waals surface area contributed by atoms with E-state index in [2.05, 4.69) is 6.92 Å². The Balaban J connectivity index is -0.000000691. The topological polar surface area (TPSA) is 118 Å². The Morgan fingerprint density at radius 3 is 1.17 bits per heavy atom. The second kappa shape index (κ2) is 33.7. The van der Waals surface area contributed by atoms with E-state index >= 15 is 0 Å². The number of carboxylic acids is 1. The number of benzene rings is 1. The summed E-state index contributed by atoms with van der Waals surface area (Å²) in [6, 6.07) is 6.59. The van der Waals surface area contributed by atoms with Gasteiger partial charge in [-0.05, 0) is 31.4 Å².